The van der Waals surface area contributed by atoms with Crippen LogP contribution in [0.5, 0.6) is 0 Å². The van der Waals surface area contributed by atoms with Crippen LogP contribution in [0.15, 0.2) is 18.3 Å². The van der Waals surface area contributed by atoms with Crippen LogP contribution in [0, 0.1) is 6.92 Å². The van der Waals surface area contributed by atoms with Gasteiger partial charge in [0.15, 0.2) is 0 Å². The zero-order chi connectivity index (χ0) is 10.2. The number of unbranched alkanes of at least 4 members (excludes halogenated alkanes) is 2. The van der Waals surface area contributed by atoms with Crippen LogP contribution < -0.4 is 11.1 Å². The third-order valence-corrected chi connectivity index (χ3v) is 2.11. The monoisotopic (exact) mass is 193 g/mol. The first-order valence-electron chi connectivity index (χ1n) is 5.19. The smallest absolute Gasteiger partial charge is 0.0393 e. The lowest BCUT2D eigenvalue weighted by Crippen LogP contribution is -2.04. The normalized spacial score (nSPS) is 10.1. The standard InChI is InChI=1S/C11H19N3/c1-10-9-11(5-8-13-10)14-7-4-2-3-6-12/h5,8-9H,2-4,6-7,12H2,1H3,(H,13,14). The molecule has 1 rings (SSSR count). The lowest BCUT2D eigenvalue weighted by molar-refractivity contribution is 0.707. The summed E-state index contributed by atoms with van der Waals surface area (Å²) < 4.78 is 0. The van der Waals surface area contributed by atoms with E-state index in [0.717, 1.165) is 30.9 Å². The number of aryl methyl sites for hydroxylation is 1. The van der Waals surface area contributed by atoms with Crippen LogP contribution in [0.25, 0.3) is 0 Å². The van der Waals surface area contributed by atoms with Crippen molar-refractivity contribution in [3.05, 3.63) is 24.0 Å². The van der Waals surface area contributed by atoms with E-state index in [-0.39, 0.29) is 0 Å². The number of aromatic nitrogens is 1. The third-order valence-electron chi connectivity index (χ3n) is 2.11. The van der Waals surface area contributed by atoms with Crippen LogP contribution in [0.4, 0.5) is 5.69 Å². The number of hydrogen-bond acceptors (Lipinski definition) is 3. The lowest BCUT2D eigenvalue weighted by atomic mass is 10.2. The van der Waals surface area contributed by atoms with Crippen molar-refractivity contribution in [2.45, 2.75) is 26.2 Å². The van der Waals surface area contributed by atoms with Gasteiger partial charge in [-0.1, -0.05) is 6.42 Å². The second kappa shape index (κ2) is 6.38. The van der Waals surface area contributed by atoms with E-state index < -0.39 is 0 Å². The van der Waals surface area contributed by atoms with Gasteiger partial charge in [0.2, 0.25) is 0 Å². The summed E-state index contributed by atoms with van der Waals surface area (Å²) in [5.41, 5.74) is 7.62. The summed E-state index contributed by atoms with van der Waals surface area (Å²) in [5.74, 6) is 0. The first-order chi connectivity index (χ1) is 6.83. The molecule has 0 aliphatic carbocycles. The van der Waals surface area contributed by atoms with E-state index in [1.54, 1.807) is 0 Å². The maximum atomic E-state index is 5.41. The molecule has 1 aromatic rings. The highest BCUT2D eigenvalue weighted by atomic mass is 14.9. The first kappa shape index (κ1) is 11.0. The SMILES string of the molecule is Cc1cc(NCCCCCN)ccn1. The number of nitrogens with two attached hydrogens (primary N) is 1. The van der Waals surface area contributed by atoms with Gasteiger partial charge in [-0.2, -0.15) is 0 Å². The van der Waals surface area contributed by atoms with Crippen LogP contribution in [0.2, 0.25) is 0 Å². The highest BCUT2D eigenvalue weighted by Crippen LogP contribution is 2.07. The minimum absolute atomic E-state index is 0.800. The number of anilines is 1. The molecule has 0 fully saturated rings. The van der Waals surface area contributed by atoms with Crippen LogP contribution >= 0.6 is 0 Å². The molecule has 0 saturated carbocycles. The van der Waals surface area contributed by atoms with E-state index >= 15 is 0 Å². The van der Waals surface area contributed by atoms with Crippen molar-refractivity contribution in [2.24, 2.45) is 5.73 Å². The Kier molecular flexibility index (Phi) is 5.00. The molecule has 0 bridgehead atoms. The average molecular weight is 193 g/mol. The molecule has 0 aliphatic heterocycles. The van der Waals surface area contributed by atoms with E-state index in [0.29, 0.717) is 0 Å². The number of nitrogens with zero attached hydrogens (tertiary/aromatic N) is 1. The van der Waals surface area contributed by atoms with Gasteiger partial charge >= 0.3 is 0 Å². The van der Waals surface area contributed by atoms with E-state index in [1.807, 2.05) is 19.2 Å². The van der Waals surface area contributed by atoms with Crippen molar-refractivity contribution >= 4 is 5.69 Å². The maximum absolute atomic E-state index is 5.41. The van der Waals surface area contributed by atoms with Gasteiger partial charge in [0.1, 0.15) is 0 Å². The zero-order valence-electron chi connectivity index (χ0n) is 8.79. The fourth-order valence-electron chi connectivity index (χ4n) is 1.33. The Bertz CT molecular complexity index is 260. The molecule has 0 radical (unpaired) electrons. The van der Waals surface area contributed by atoms with Gasteiger partial charge in [0, 0.05) is 24.1 Å². The molecule has 1 aromatic heterocycles. The fraction of sp³-hybridized carbons (Fsp3) is 0.545. The number of pyridine rings is 1. The summed E-state index contributed by atoms with van der Waals surface area (Å²) in [6.07, 6.45) is 5.33. The van der Waals surface area contributed by atoms with Crippen molar-refractivity contribution in [1.29, 1.82) is 0 Å². The number of nitrogens with one attached hydrogen (secondary N) is 1. The van der Waals surface area contributed by atoms with Gasteiger partial charge in [-0.25, -0.2) is 0 Å². The highest BCUT2D eigenvalue weighted by Gasteiger charge is 1.92. The Morgan fingerprint density at radius 3 is 2.93 bits per heavy atom. The number of hydrogen-bond donors (Lipinski definition) is 2. The second-order valence-corrected chi connectivity index (χ2v) is 3.46. The van der Waals surface area contributed by atoms with Gasteiger partial charge in [0.25, 0.3) is 0 Å². The molecule has 3 heteroatoms. The first-order valence-corrected chi connectivity index (χ1v) is 5.19. The van der Waals surface area contributed by atoms with Gasteiger partial charge in [-0.15, -0.1) is 0 Å². The minimum atomic E-state index is 0.800. The Balaban J connectivity index is 2.18. The Morgan fingerprint density at radius 1 is 1.36 bits per heavy atom. The van der Waals surface area contributed by atoms with Crippen LogP contribution in [0.3, 0.4) is 0 Å². The summed E-state index contributed by atoms with van der Waals surface area (Å²) in [6, 6.07) is 4.05. The van der Waals surface area contributed by atoms with Crippen LogP contribution in [-0.4, -0.2) is 18.1 Å². The molecule has 0 unspecified atom stereocenters. The van der Waals surface area contributed by atoms with Crippen molar-refractivity contribution in [2.75, 3.05) is 18.4 Å². The molecule has 1 heterocycles. The summed E-state index contributed by atoms with van der Waals surface area (Å²) in [7, 11) is 0. The van der Waals surface area contributed by atoms with Crippen LogP contribution in [0.1, 0.15) is 25.0 Å². The summed E-state index contributed by atoms with van der Waals surface area (Å²) in [5, 5.41) is 3.36. The zero-order valence-corrected chi connectivity index (χ0v) is 8.79. The van der Waals surface area contributed by atoms with Crippen molar-refractivity contribution in [1.82, 2.24) is 4.98 Å². The Morgan fingerprint density at radius 2 is 2.21 bits per heavy atom. The summed E-state index contributed by atoms with van der Waals surface area (Å²) in [4.78, 5) is 4.14. The van der Waals surface area contributed by atoms with E-state index in [2.05, 4.69) is 16.4 Å². The highest BCUT2D eigenvalue weighted by molar-refractivity contribution is 5.42. The molecule has 0 atom stereocenters. The summed E-state index contributed by atoms with van der Waals surface area (Å²) in [6.45, 7) is 3.82. The second-order valence-electron chi connectivity index (χ2n) is 3.46. The van der Waals surface area contributed by atoms with Gasteiger partial charge < -0.3 is 11.1 Å². The predicted molar refractivity (Wildman–Crippen MR) is 60.4 cm³/mol. The molecular formula is C11H19N3. The third kappa shape index (κ3) is 4.23. The molecule has 0 spiro atoms. The Hall–Kier alpha value is -1.09. The predicted octanol–water partition coefficient (Wildman–Crippen LogP) is 1.93. The van der Waals surface area contributed by atoms with E-state index in [1.165, 1.54) is 12.8 Å². The molecular weight excluding hydrogens is 174 g/mol. The van der Waals surface area contributed by atoms with Gasteiger partial charge in [-0.3, -0.25) is 4.98 Å². The molecule has 3 N–H and O–H groups in total. The molecule has 0 aromatic carbocycles. The molecule has 3 nitrogen and oxygen atoms in total. The fourth-order valence-corrected chi connectivity index (χ4v) is 1.33. The lowest BCUT2D eigenvalue weighted by Gasteiger charge is -2.05. The summed E-state index contributed by atoms with van der Waals surface area (Å²) >= 11 is 0. The van der Waals surface area contributed by atoms with E-state index in [9.17, 15) is 0 Å². The van der Waals surface area contributed by atoms with Crippen LogP contribution in [-0.2, 0) is 0 Å². The molecule has 0 aliphatic rings. The number of rotatable bonds is 6. The van der Waals surface area contributed by atoms with E-state index in [4.69, 9.17) is 5.73 Å². The topological polar surface area (TPSA) is 50.9 Å². The van der Waals surface area contributed by atoms with Crippen molar-refractivity contribution in [3.8, 4) is 0 Å². The largest absolute Gasteiger partial charge is 0.385 e. The molecule has 78 valence electrons. The Labute approximate surface area is 85.7 Å². The molecule has 0 saturated heterocycles. The average Bonchev–Trinajstić information content (AvgIpc) is 2.18. The van der Waals surface area contributed by atoms with Gasteiger partial charge in [-0.05, 0) is 38.4 Å². The van der Waals surface area contributed by atoms with Crippen molar-refractivity contribution in [3.63, 3.8) is 0 Å². The molecule has 0 amide bonds. The minimum Gasteiger partial charge on any atom is -0.385 e. The quantitative estimate of drug-likeness (QED) is 0.679. The van der Waals surface area contributed by atoms with Gasteiger partial charge in [0.05, 0.1) is 0 Å². The maximum Gasteiger partial charge on any atom is 0.0393 e. The molecule has 14 heavy (non-hydrogen) atoms. The van der Waals surface area contributed by atoms with Crippen molar-refractivity contribution < 1.29 is 0 Å².